The van der Waals surface area contributed by atoms with Gasteiger partial charge in [0.1, 0.15) is 17.3 Å². The summed E-state index contributed by atoms with van der Waals surface area (Å²) in [5.74, 6) is 0.327. The third-order valence-electron chi connectivity index (χ3n) is 6.34. The van der Waals surface area contributed by atoms with Crippen LogP contribution in [-0.2, 0) is 17.6 Å². The molecule has 6 nitrogen and oxygen atoms in total. The Morgan fingerprint density at radius 1 is 1.08 bits per heavy atom. The molecular formula is C30H26FN3O3. The highest BCUT2D eigenvalue weighted by atomic mass is 19.1. The number of phenols is 1. The normalized spacial score (nSPS) is 11.8. The second kappa shape index (κ2) is 10.5. The fourth-order valence-electron chi connectivity index (χ4n) is 4.56. The number of aromatic amines is 1. The van der Waals surface area contributed by atoms with Crippen LogP contribution in [0.4, 0.5) is 4.39 Å². The molecule has 37 heavy (non-hydrogen) atoms. The van der Waals surface area contributed by atoms with Crippen molar-refractivity contribution in [2.24, 2.45) is 0 Å². The standard InChI is InChI=1S/C30H26FN3O3/c1-37-24-10-7-20(8-11-24)25-6-3-13-32-30(25)28(15-19-4-2-5-22(31)14-19)34-29(36)16-21-18-33-27-12-9-23(35)17-26(21)27/h2-14,17-18,28,33,35H,15-16H2,1H3,(H,34,36)/t28-/m0/s1. The quantitative estimate of drug-likeness (QED) is 0.257. The highest BCUT2D eigenvalue weighted by Gasteiger charge is 2.22. The topological polar surface area (TPSA) is 87.2 Å². The van der Waals surface area contributed by atoms with E-state index in [2.05, 4.69) is 15.3 Å². The summed E-state index contributed by atoms with van der Waals surface area (Å²) in [6, 6.07) is 22.3. The van der Waals surface area contributed by atoms with E-state index in [9.17, 15) is 14.3 Å². The lowest BCUT2D eigenvalue weighted by molar-refractivity contribution is -0.121. The molecule has 0 aliphatic heterocycles. The molecule has 3 aromatic carbocycles. The fourth-order valence-corrected chi connectivity index (χ4v) is 4.56. The average Bonchev–Trinajstić information content (AvgIpc) is 3.30. The summed E-state index contributed by atoms with van der Waals surface area (Å²) in [5.41, 5.74) is 4.82. The number of aromatic hydroxyl groups is 1. The minimum Gasteiger partial charge on any atom is -0.508 e. The maximum atomic E-state index is 14.0. The zero-order valence-corrected chi connectivity index (χ0v) is 20.2. The minimum atomic E-state index is -0.508. The molecule has 5 rings (SSSR count). The molecule has 0 aliphatic rings. The number of phenolic OH excluding ortho intramolecular Hbond substituents is 1. The van der Waals surface area contributed by atoms with Gasteiger partial charge in [0.05, 0.1) is 25.3 Å². The lowest BCUT2D eigenvalue weighted by atomic mass is 9.95. The maximum absolute atomic E-state index is 14.0. The molecule has 2 aromatic heterocycles. The Bertz CT molecular complexity index is 1550. The average molecular weight is 496 g/mol. The molecule has 0 saturated carbocycles. The van der Waals surface area contributed by atoms with Crippen molar-refractivity contribution in [3.8, 4) is 22.6 Å². The number of pyridine rings is 1. The number of amides is 1. The Kier molecular flexibility index (Phi) is 6.85. The van der Waals surface area contributed by atoms with Gasteiger partial charge in [-0.25, -0.2) is 4.39 Å². The summed E-state index contributed by atoms with van der Waals surface area (Å²) in [6.07, 6.45) is 3.93. The van der Waals surface area contributed by atoms with E-state index in [4.69, 9.17) is 4.74 Å². The number of benzene rings is 3. The first-order valence-electron chi connectivity index (χ1n) is 11.9. The van der Waals surface area contributed by atoms with Crippen LogP contribution in [0.3, 0.4) is 0 Å². The molecular weight excluding hydrogens is 469 g/mol. The van der Waals surface area contributed by atoms with E-state index in [1.807, 2.05) is 42.5 Å². The van der Waals surface area contributed by atoms with Gasteiger partial charge in [0.25, 0.3) is 0 Å². The number of carbonyl (C=O) groups is 1. The van der Waals surface area contributed by atoms with Gasteiger partial charge in [-0.3, -0.25) is 9.78 Å². The van der Waals surface area contributed by atoms with Crippen molar-refractivity contribution in [2.75, 3.05) is 7.11 Å². The highest BCUT2D eigenvalue weighted by Crippen LogP contribution is 2.30. The van der Waals surface area contributed by atoms with E-state index < -0.39 is 6.04 Å². The van der Waals surface area contributed by atoms with Gasteiger partial charge in [0, 0.05) is 28.9 Å². The number of aromatic nitrogens is 2. The van der Waals surface area contributed by atoms with Crippen molar-refractivity contribution in [3.63, 3.8) is 0 Å². The molecule has 0 aliphatic carbocycles. The van der Waals surface area contributed by atoms with Gasteiger partial charge in [-0.2, -0.15) is 0 Å². The summed E-state index contributed by atoms with van der Waals surface area (Å²) >= 11 is 0. The van der Waals surface area contributed by atoms with Crippen LogP contribution in [-0.4, -0.2) is 28.1 Å². The number of hydrogen-bond acceptors (Lipinski definition) is 4. The van der Waals surface area contributed by atoms with E-state index in [0.717, 1.165) is 38.9 Å². The van der Waals surface area contributed by atoms with Gasteiger partial charge in [-0.15, -0.1) is 0 Å². The van der Waals surface area contributed by atoms with Gasteiger partial charge in [0.15, 0.2) is 0 Å². The van der Waals surface area contributed by atoms with E-state index in [0.29, 0.717) is 12.1 Å². The van der Waals surface area contributed by atoms with Gasteiger partial charge in [0.2, 0.25) is 5.91 Å². The molecule has 1 atom stereocenters. The number of rotatable bonds is 8. The molecule has 3 N–H and O–H groups in total. The number of halogens is 1. The van der Waals surface area contributed by atoms with E-state index >= 15 is 0 Å². The molecule has 5 aromatic rings. The Balaban J connectivity index is 1.48. The number of ether oxygens (including phenoxy) is 1. The van der Waals surface area contributed by atoms with Crippen LogP contribution in [0.5, 0.6) is 11.5 Å². The first-order chi connectivity index (χ1) is 18.0. The fraction of sp³-hybridized carbons (Fsp3) is 0.133. The third-order valence-corrected chi connectivity index (χ3v) is 6.34. The Labute approximate surface area is 213 Å². The largest absolute Gasteiger partial charge is 0.508 e. The third kappa shape index (κ3) is 5.46. The van der Waals surface area contributed by atoms with Crippen molar-refractivity contribution < 1.29 is 19.0 Å². The monoisotopic (exact) mass is 495 g/mol. The number of nitrogens with zero attached hydrogens (tertiary/aromatic N) is 1. The molecule has 0 fully saturated rings. The molecule has 0 bridgehead atoms. The molecule has 0 spiro atoms. The summed E-state index contributed by atoms with van der Waals surface area (Å²) in [6.45, 7) is 0. The first-order valence-corrected chi connectivity index (χ1v) is 11.9. The summed E-state index contributed by atoms with van der Waals surface area (Å²) in [4.78, 5) is 21.1. The van der Waals surface area contributed by atoms with Gasteiger partial charge < -0.3 is 20.1 Å². The Morgan fingerprint density at radius 2 is 1.92 bits per heavy atom. The SMILES string of the molecule is COc1ccc(-c2cccnc2[C@H](Cc2cccc(F)c2)NC(=O)Cc2c[nH]c3ccc(O)cc23)cc1. The van der Waals surface area contributed by atoms with E-state index in [-0.39, 0.29) is 23.9 Å². The Morgan fingerprint density at radius 3 is 2.70 bits per heavy atom. The summed E-state index contributed by atoms with van der Waals surface area (Å²) < 4.78 is 19.3. The lowest BCUT2D eigenvalue weighted by Gasteiger charge is -2.21. The van der Waals surface area contributed by atoms with E-state index in [1.54, 1.807) is 43.8 Å². The molecule has 0 radical (unpaired) electrons. The van der Waals surface area contributed by atoms with Crippen LogP contribution < -0.4 is 10.1 Å². The molecule has 1 amide bonds. The molecule has 186 valence electrons. The van der Waals surface area contributed by atoms with Crippen molar-refractivity contribution in [3.05, 3.63) is 114 Å². The number of fused-ring (bicyclic) bond motifs is 1. The highest BCUT2D eigenvalue weighted by molar-refractivity contribution is 5.90. The minimum absolute atomic E-state index is 0.105. The van der Waals surface area contributed by atoms with Crippen molar-refractivity contribution in [1.82, 2.24) is 15.3 Å². The van der Waals surface area contributed by atoms with E-state index in [1.165, 1.54) is 12.1 Å². The van der Waals surface area contributed by atoms with Gasteiger partial charge in [-0.1, -0.05) is 30.3 Å². The van der Waals surface area contributed by atoms with Crippen LogP contribution in [0.2, 0.25) is 0 Å². The predicted molar refractivity (Wildman–Crippen MR) is 141 cm³/mol. The smallest absolute Gasteiger partial charge is 0.225 e. The molecule has 0 saturated heterocycles. The van der Waals surface area contributed by atoms with Crippen LogP contribution >= 0.6 is 0 Å². The number of hydrogen-bond donors (Lipinski definition) is 3. The summed E-state index contributed by atoms with van der Waals surface area (Å²) in [5, 5.41) is 13.8. The molecule has 7 heteroatoms. The molecule has 0 unspecified atom stereocenters. The predicted octanol–water partition coefficient (Wildman–Crippen LogP) is 5.73. The van der Waals surface area contributed by atoms with Crippen molar-refractivity contribution >= 4 is 16.8 Å². The second-order valence-corrected chi connectivity index (χ2v) is 8.84. The maximum Gasteiger partial charge on any atom is 0.225 e. The van der Waals surface area contributed by atoms with Crippen molar-refractivity contribution in [2.45, 2.75) is 18.9 Å². The van der Waals surface area contributed by atoms with Gasteiger partial charge >= 0.3 is 0 Å². The number of H-pyrrole nitrogens is 1. The first kappa shape index (κ1) is 24.1. The van der Waals surface area contributed by atoms with Crippen molar-refractivity contribution in [1.29, 1.82) is 0 Å². The van der Waals surface area contributed by atoms with Crippen LogP contribution in [0.1, 0.15) is 22.9 Å². The number of methoxy groups -OCH3 is 1. The van der Waals surface area contributed by atoms with Gasteiger partial charge in [-0.05, 0) is 71.6 Å². The Hall–Kier alpha value is -4.65. The lowest BCUT2D eigenvalue weighted by Crippen LogP contribution is -2.32. The van der Waals surface area contributed by atoms with Crippen LogP contribution in [0.25, 0.3) is 22.0 Å². The van der Waals surface area contributed by atoms with Crippen LogP contribution in [0, 0.1) is 5.82 Å². The van der Waals surface area contributed by atoms with Crippen LogP contribution in [0.15, 0.2) is 91.3 Å². The zero-order chi connectivity index (χ0) is 25.8. The summed E-state index contributed by atoms with van der Waals surface area (Å²) in [7, 11) is 1.62. The second-order valence-electron chi connectivity index (χ2n) is 8.84. The number of nitrogens with one attached hydrogen (secondary N) is 2. The molecule has 2 heterocycles. The number of carbonyl (C=O) groups excluding carboxylic acids is 1. The zero-order valence-electron chi connectivity index (χ0n) is 20.2.